The number of halogens is 1. The molecular weight excluding hydrogens is 328 g/mol. The van der Waals surface area contributed by atoms with E-state index in [0.717, 1.165) is 43.0 Å². The van der Waals surface area contributed by atoms with Gasteiger partial charge in [0, 0.05) is 43.0 Å². The predicted octanol–water partition coefficient (Wildman–Crippen LogP) is 3.66. The van der Waals surface area contributed by atoms with Gasteiger partial charge in [0.2, 0.25) is 5.91 Å². The van der Waals surface area contributed by atoms with Crippen LogP contribution in [0.4, 0.5) is 0 Å². The first-order chi connectivity index (χ1) is 11.2. The Labute approximate surface area is 148 Å². The molecule has 1 aromatic rings. The zero-order valence-corrected chi connectivity index (χ0v) is 15.1. The van der Waals surface area contributed by atoms with Gasteiger partial charge in [-0.15, -0.1) is 11.8 Å². The van der Waals surface area contributed by atoms with E-state index in [1.807, 2.05) is 23.1 Å². The standard InChI is InChI=1S/C18H25ClN2OS/c19-16-5-3-4-15(12-16)13-23-14-18(22)21-10-8-20(9-11-21)17-6-1-2-7-17/h3-5,12,17H,1-2,6-11,13-14H2. The average molecular weight is 353 g/mol. The maximum atomic E-state index is 12.3. The average Bonchev–Trinajstić information content (AvgIpc) is 3.09. The number of hydrogen-bond donors (Lipinski definition) is 0. The van der Waals surface area contributed by atoms with E-state index in [9.17, 15) is 4.79 Å². The van der Waals surface area contributed by atoms with Crippen LogP contribution in [0.15, 0.2) is 24.3 Å². The van der Waals surface area contributed by atoms with Crippen LogP contribution in [0.5, 0.6) is 0 Å². The van der Waals surface area contributed by atoms with Gasteiger partial charge in [-0.05, 0) is 30.5 Å². The van der Waals surface area contributed by atoms with Crippen molar-refractivity contribution in [2.45, 2.75) is 37.5 Å². The third-order valence-corrected chi connectivity index (χ3v) is 6.11. The Morgan fingerprint density at radius 2 is 1.91 bits per heavy atom. The van der Waals surface area contributed by atoms with Gasteiger partial charge in [0.1, 0.15) is 0 Å². The van der Waals surface area contributed by atoms with E-state index in [0.29, 0.717) is 5.75 Å². The molecule has 126 valence electrons. The molecule has 0 radical (unpaired) electrons. The molecule has 0 atom stereocenters. The highest BCUT2D eigenvalue weighted by Crippen LogP contribution is 2.24. The largest absolute Gasteiger partial charge is 0.339 e. The second-order valence-corrected chi connectivity index (χ2v) is 7.90. The molecule has 3 nitrogen and oxygen atoms in total. The second-order valence-electron chi connectivity index (χ2n) is 6.48. The molecular formula is C18H25ClN2OS. The van der Waals surface area contributed by atoms with Crippen LogP contribution in [0.2, 0.25) is 5.02 Å². The number of thioether (sulfide) groups is 1. The Kier molecular flexibility index (Phi) is 6.26. The van der Waals surface area contributed by atoms with Crippen molar-refractivity contribution >= 4 is 29.3 Å². The first kappa shape index (κ1) is 17.1. The molecule has 3 rings (SSSR count). The number of hydrogen-bond acceptors (Lipinski definition) is 3. The third kappa shape index (κ3) is 4.88. The lowest BCUT2D eigenvalue weighted by atomic mass is 10.2. The Morgan fingerprint density at radius 1 is 1.17 bits per heavy atom. The Balaban J connectivity index is 1.37. The summed E-state index contributed by atoms with van der Waals surface area (Å²) in [6, 6.07) is 8.65. The molecule has 0 bridgehead atoms. The second kappa shape index (κ2) is 8.41. The fraction of sp³-hybridized carbons (Fsp3) is 0.611. The summed E-state index contributed by atoms with van der Waals surface area (Å²) in [5, 5.41) is 0.762. The SMILES string of the molecule is O=C(CSCc1cccc(Cl)c1)N1CCN(C2CCCC2)CC1. The van der Waals surface area contributed by atoms with Gasteiger partial charge in [-0.25, -0.2) is 0 Å². The van der Waals surface area contributed by atoms with Crippen molar-refractivity contribution in [2.24, 2.45) is 0 Å². The minimum Gasteiger partial charge on any atom is -0.339 e. The zero-order chi connectivity index (χ0) is 16.1. The van der Waals surface area contributed by atoms with E-state index in [2.05, 4.69) is 11.0 Å². The minimum atomic E-state index is 0.281. The van der Waals surface area contributed by atoms with Crippen LogP contribution in [0, 0.1) is 0 Å². The van der Waals surface area contributed by atoms with Gasteiger partial charge in [-0.3, -0.25) is 9.69 Å². The number of piperazine rings is 1. The molecule has 0 N–H and O–H groups in total. The molecule has 1 saturated carbocycles. The molecule has 23 heavy (non-hydrogen) atoms. The van der Waals surface area contributed by atoms with E-state index in [-0.39, 0.29) is 5.91 Å². The summed E-state index contributed by atoms with van der Waals surface area (Å²) >= 11 is 7.67. The van der Waals surface area contributed by atoms with Crippen LogP contribution < -0.4 is 0 Å². The normalized spacial score (nSPS) is 20.1. The van der Waals surface area contributed by atoms with Crippen molar-refractivity contribution in [1.29, 1.82) is 0 Å². The molecule has 1 aliphatic heterocycles. The van der Waals surface area contributed by atoms with Crippen LogP contribution >= 0.6 is 23.4 Å². The van der Waals surface area contributed by atoms with Gasteiger partial charge in [0.05, 0.1) is 5.75 Å². The number of carbonyl (C=O) groups is 1. The van der Waals surface area contributed by atoms with Gasteiger partial charge in [0.15, 0.2) is 0 Å². The van der Waals surface area contributed by atoms with Crippen molar-refractivity contribution in [2.75, 3.05) is 31.9 Å². The van der Waals surface area contributed by atoms with Gasteiger partial charge in [-0.2, -0.15) is 0 Å². The van der Waals surface area contributed by atoms with Crippen molar-refractivity contribution in [1.82, 2.24) is 9.80 Å². The Morgan fingerprint density at radius 3 is 2.61 bits per heavy atom. The van der Waals surface area contributed by atoms with E-state index in [1.54, 1.807) is 11.8 Å². The van der Waals surface area contributed by atoms with Gasteiger partial charge in [0.25, 0.3) is 0 Å². The highest BCUT2D eigenvalue weighted by atomic mass is 35.5. The lowest BCUT2D eigenvalue weighted by molar-refractivity contribution is -0.130. The van der Waals surface area contributed by atoms with Crippen molar-refractivity contribution in [3.05, 3.63) is 34.9 Å². The van der Waals surface area contributed by atoms with E-state index in [1.165, 1.54) is 31.2 Å². The molecule has 2 aliphatic rings. The lowest BCUT2D eigenvalue weighted by Gasteiger charge is -2.38. The van der Waals surface area contributed by atoms with Crippen molar-refractivity contribution in [3.8, 4) is 0 Å². The van der Waals surface area contributed by atoms with Crippen LogP contribution in [0.3, 0.4) is 0 Å². The molecule has 1 aromatic carbocycles. The van der Waals surface area contributed by atoms with E-state index in [4.69, 9.17) is 11.6 Å². The van der Waals surface area contributed by atoms with Crippen molar-refractivity contribution < 1.29 is 4.79 Å². The molecule has 0 unspecified atom stereocenters. The summed E-state index contributed by atoms with van der Waals surface area (Å²) in [7, 11) is 0. The monoisotopic (exact) mass is 352 g/mol. The quantitative estimate of drug-likeness (QED) is 0.808. The molecule has 1 heterocycles. The molecule has 5 heteroatoms. The summed E-state index contributed by atoms with van der Waals surface area (Å²) < 4.78 is 0. The highest BCUT2D eigenvalue weighted by Gasteiger charge is 2.27. The van der Waals surface area contributed by atoms with Gasteiger partial charge < -0.3 is 4.90 Å². The minimum absolute atomic E-state index is 0.281. The molecule has 1 aliphatic carbocycles. The fourth-order valence-electron chi connectivity index (χ4n) is 3.58. The van der Waals surface area contributed by atoms with Gasteiger partial charge in [-0.1, -0.05) is 36.6 Å². The maximum Gasteiger partial charge on any atom is 0.232 e. The summed E-state index contributed by atoms with van der Waals surface area (Å²) in [6.45, 7) is 3.89. The van der Waals surface area contributed by atoms with E-state index >= 15 is 0 Å². The number of nitrogens with zero attached hydrogens (tertiary/aromatic N) is 2. The molecule has 0 aromatic heterocycles. The molecule has 1 amide bonds. The van der Waals surface area contributed by atoms with Crippen molar-refractivity contribution in [3.63, 3.8) is 0 Å². The van der Waals surface area contributed by atoms with Crippen LogP contribution in [0.25, 0.3) is 0 Å². The van der Waals surface area contributed by atoms with Crippen LogP contribution in [-0.2, 0) is 10.5 Å². The van der Waals surface area contributed by atoms with Crippen LogP contribution in [0.1, 0.15) is 31.2 Å². The Hall–Kier alpha value is -0.710. The summed E-state index contributed by atoms with van der Waals surface area (Å²) in [5.74, 6) is 1.69. The number of amides is 1. The third-order valence-electron chi connectivity index (χ3n) is 4.89. The number of carbonyl (C=O) groups excluding carboxylic acids is 1. The Bertz CT molecular complexity index is 526. The zero-order valence-electron chi connectivity index (χ0n) is 13.5. The molecule has 0 spiro atoms. The first-order valence-corrected chi connectivity index (χ1v) is 10.1. The van der Waals surface area contributed by atoms with E-state index < -0.39 is 0 Å². The topological polar surface area (TPSA) is 23.6 Å². The highest BCUT2D eigenvalue weighted by molar-refractivity contribution is 7.99. The fourth-order valence-corrected chi connectivity index (χ4v) is 4.67. The summed E-state index contributed by atoms with van der Waals surface area (Å²) in [5.41, 5.74) is 1.18. The predicted molar refractivity (Wildman–Crippen MR) is 98.0 cm³/mol. The number of benzene rings is 1. The van der Waals surface area contributed by atoms with Gasteiger partial charge >= 0.3 is 0 Å². The lowest BCUT2D eigenvalue weighted by Crippen LogP contribution is -2.51. The molecule has 2 fully saturated rings. The van der Waals surface area contributed by atoms with Crippen LogP contribution in [-0.4, -0.2) is 53.7 Å². The summed E-state index contributed by atoms with van der Waals surface area (Å²) in [6.07, 6.45) is 5.46. The summed E-state index contributed by atoms with van der Waals surface area (Å²) in [4.78, 5) is 17.0. The maximum absolute atomic E-state index is 12.3. The smallest absolute Gasteiger partial charge is 0.232 e. The first-order valence-electron chi connectivity index (χ1n) is 8.56. The number of rotatable bonds is 5. The molecule has 1 saturated heterocycles.